The van der Waals surface area contributed by atoms with E-state index in [0.717, 1.165) is 30.0 Å². The molecule has 2 heteroatoms. The fourth-order valence-electron chi connectivity index (χ4n) is 5.94. The molecule has 1 aromatic rings. The van der Waals surface area contributed by atoms with Gasteiger partial charge in [-0.3, -0.25) is 0 Å². The Kier molecular flexibility index (Phi) is 3.68. The van der Waals surface area contributed by atoms with Crippen LogP contribution < -0.4 is 10.1 Å². The zero-order chi connectivity index (χ0) is 15.2. The van der Waals surface area contributed by atoms with Crippen LogP contribution in [0.25, 0.3) is 0 Å². The third kappa shape index (κ3) is 2.56. The molecular formula is C20H29NO. The lowest BCUT2D eigenvalue weighted by atomic mass is 9.48. The van der Waals surface area contributed by atoms with Crippen LogP contribution in [0, 0.1) is 23.2 Å². The van der Waals surface area contributed by atoms with E-state index in [9.17, 15) is 0 Å². The highest BCUT2D eigenvalue weighted by Gasteiger charge is 2.52. The van der Waals surface area contributed by atoms with E-state index in [2.05, 4.69) is 36.5 Å². The standard InChI is InChI=1S/C20H29NO/c1-14(21-13-15-3-5-19(22-2)6-4-15)20-10-16-7-17(11-20)9-18(8-16)12-20/h3-6,14,16-18,21H,7-13H2,1-2H3. The van der Waals surface area contributed by atoms with E-state index >= 15 is 0 Å². The zero-order valence-corrected chi connectivity index (χ0v) is 14.0. The van der Waals surface area contributed by atoms with Gasteiger partial charge in [-0.25, -0.2) is 0 Å². The number of methoxy groups -OCH3 is 1. The summed E-state index contributed by atoms with van der Waals surface area (Å²) in [6.45, 7) is 3.42. The van der Waals surface area contributed by atoms with Crippen LogP contribution in [0.1, 0.15) is 51.0 Å². The summed E-state index contributed by atoms with van der Waals surface area (Å²) in [5, 5.41) is 3.85. The quantitative estimate of drug-likeness (QED) is 0.870. The number of rotatable bonds is 5. The van der Waals surface area contributed by atoms with Crippen molar-refractivity contribution in [1.29, 1.82) is 0 Å². The van der Waals surface area contributed by atoms with E-state index in [0.29, 0.717) is 11.5 Å². The molecule has 0 saturated heterocycles. The SMILES string of the molecule is COc1ccc(CNC(C)C23CC4CC(CC(C4)C2)C3)cc1. The van der Waals surface area contributed by atoms with Crippen molar-refractivity contribution in [2.45, 2.75) is 58.0 Å². The van der Waals surface area contributed by atoms with Gasteiger partial charge in [-0.15, -0.1) is 0 Å². The van der Waals surface area contributed by atoms with Gasteiger partial charge in [-0.2, -0.15) is 0 Å². The summed E-state index contributed by atoms with van der Waals surface area (Å²) in [5.74, 6) is 4.06. The predicted octanol–water partition coefficient (Wildman–Crippen LogP) is 4.39. The van der Waals surface area contributed by atoms with E-state index in [1.165, 1.54) is 44.1 Å². The molecule has 4 aliphatic rings. The normalized spacial score (nSPS) is 37.3. The lowest BCUT2D eigenvalue weighted by molar-refractivity contribution is -0.0706. The molecule has 1 N–H and O–H groups in total. The molecule has 5 rings (SSSR count). The van der Waals surface area contributed by atoms with Crippen LogP contribution in [-0.2, 0) is 6.54 Å². The van der Waals surface area contributed by atoms with Gasteiger partial charge in [0.15, 0.2) is 0 Å². The summed E-state index contributed by atoms with van der Waals surface area (Å²) >= 11 is 0. The molecule has 1 unspecified atom stereocenters. The van der Waals surface area contributed by atoms with Crippen LogP contribution in [0.15, 0.2) is 24.3 Å². The van der Waals surface area contributed by atoms with Gasteiger partial charge in [-0.1, -0.05) is 12.1 Å². The Balaban J connectivity index is 1.40. The summed E-state index contributed by atoms with van der Waals surface area (Å²) in [7, 11) is 1.72. The van der Waals surface area contributed by atoms with Gasteiger partial charge in [0.05, 0.1) is 7.11 Å². The maximum Gasteiger partial charge on any atom is 0.118 e. The Hall–Kier alpha value is -1.02. The molecule has 2 nitrogen and oxygen atoms in total. The molecule has 120 valence electrons. The van der Waals surface area contributed by atoms with Crippen molar-refractivity contribution in [3.05, 3.63) is 29.8 Å². The van der Waals surface area contributed by atoms with E-state index in [4.69, 9.17) is 4.74 Å². The average molecular weight is 299 g/mol. The lowest BCUT2D eigenvalue weighted by Crippen LogP contribution is -2.54. The van der Waals surface area contributed by atoms with E-state index in [1.54, 1.807) is 7.11 Å². The zero-order valence-electron chi connectivity index (χ0n) is 14.0. The third-order valence-corrected chi connectivity index (χ3v) is 6.78. The Morgan fingerprint density at radius 2 is 1.59 bits per heavy atom. The molecule has 4 bridgehead atoms. The molecule has 0 heterocycles. The summed E-state index contributed by atoms with van der Waals surface area (Å²) < 4.78 is 5.24. The molecule has 0 amide bonds. The minimum absolute atomic E-state index is 0.598. The molecule has 0 aromatic heterocycles. The first-order valence-corrected chi connectivity index (χ1v) is 9.03. The van der Waals surface area contributed by atoms with Crippen molar-refractivity contribution in [1.82, 2.24) is 5.32 Å². The maximum atomic E-state index is 5.24. The molecule has 4 fully saturated rings. The molecule has 4 saturated carbocycles. The summed E-state index contributed by atoms with van der Waals surface area (Å²) in [4.78, 5) is 0. The van der Waals surface area contributed by atoms with Crippen LogP contribution in [-0.4, -0.2) is 13.2 Å². The van der Waals surface area contributed by atoms with Crippen LogP contribution in [0.5, 0.6) is 5.75 Å². The molecule has 0 aliphatic heterocycles. The van der Waals surface area contributed by atoms with E-state index < -0.39 is 0 Å². The first kappa shape index (κ1) is 14.6. The first-order chi connectivity index (χ1) is 10.7. The van der Waals surface area contributed by atoms with Crippen LogP contribution in [0.2, 0.25) is 0 Å². The van der Waals surface area contributed by atoms with Gasteiger partial charge in [0.25, 0.3) is 0 Å². The number of nitrogens with one attached hydrogen (secondary N) is 1. The topological polar surface area (TPSA) is 21.3 Å². The van der Waals surface area contributed by atoms with E-state index in [1.807, 2.05) is 0 Å². The highest BCUT2D eigenvalue weighted by atomic mass is 16.5. The van der Waals surface area contributed by atoms with Crippen molar-refractivity contribution in [3.8, 4) is 5.75 Å². The molecule has 22 heavy (non-hydrogen) atoms. The van der Waals surface area contributed by atoms with Gasteiger partial charge in [0.1, 0.15) is 5.75 Å². The van der Waals surface area contributed by atoms with Gasteiger partial charge < -0.3 is 10.1 Å². The van der Waals surface area contributed by atoms with Crippen molar-refractivity contribution in [2.24, 2.45) is 23.2 Å². The number of benzene rings is 1. The molecule has 1 atom stereocenters. The predicted molar refractivity (Wildman–Crippen MR) is 89.9 cm³/mol. The lowest BCUT2D eigenvalue weighted by Gasteiger charge is -2.59. The van der Waals surface area contributed by atoms with Gasteiger partial charge in [0.2, 0.25) is 0 Å². The van der Waals surface area contributed by atoms with Crippen molar-refractivity contribution in [3.63, 3.8) is 0 Å². The van der Waals surface area contributed by atoms with Gasteiger partial charge in [-0.05, 0) is 86.3 Å². The van der Waals surface area contributed by atoms with E-state index in [-0.39, 0.29) is 0 Å². The highest BCUT2D eigenvalue weighted by Crippen LogP contribution is 2.61. The second kappa shape index (κ2) is 5.56. The smallest absolute Gasteiger partial charge is 0.118 e. The number of ether oxygens (including phenoxy) is 1. The Morgan fingerprint density at radius 3 is 2.09 bits per heavy atom. The molecular weight excluding hydrogens is 270 g/mol. The van der Waals surface area contributed by atoms with Gasteiger partial charge >= 0.3 is 0 Å². The molecule has 0 radical (unpaired) electrons. The van der Waals surface area contributed by atoms with Crippen molar-refractivity contribution < 1.29 is 4.74 Å². The number of hydrogen-bond acceptors (Lipinski definition) is 2. The molecule has 4 aliphatic carbocycles. The molecule has 0 spiro atoms. The summed E-state index contributed by atoms with van der Waals surface area (Å²) in [5.41, 5.74) is 1.96. The minimum Gasteiger partial charge on any atom is -0.497 e. The van der Waals surface area contributed by atoms with Gasteiger partial charge in [0, 0.05) is 12.6 Å². The summed E-state index contributed by atoms with van der Waals surface area (Å²) in [6, 6.07) is 9.12. The minimum atomic E-state index is 0.598. The van der Waals surface area contributed by atoms with Crippen molar-refractivity contribution in [2.75, 3.05) is 7.11 Å². The average Bonchev–Trinajstić information content (AvgIpc) is 2.51. The first-order valence-electron chi connectivity index (χ1n) is 9.03. The highest BCUT2D eigenvalue weighted by molar-refractivity contribution is 5.27. The Labute approximate surface area is 134 Å². The number of hydrogen-bond donors (Lipinski definition) is 1. The van der Waals surface area contributed by atoms with Crippen LogP contribution in [0.4, 0.5) is 0 Å². The second-order valence-electron chi connectivity index (χ2n) is 8.23. The molecule has 1 aromatic carbocycles. The monoisotopic (exact) mass is 299 g/mol. The fourth-order valence-corrected chi connectivity index (χ4v) is 5.94. The van der Waals surface area contributed by atoms with Crippen LogP contribution >= 0.6 is 0 Å². The fraction of sp³-hybridized carbons (Fsp3) is 0.700. The largest absolute Gasteiger partial charge is 0.497 e. The maximum absolute atomic E-state index is 5.24. The second-order valence-corrected chi connectivity index (χ2v) is 8.23. The Bertz CT molecular complexity index is 486. The van der Waals surface area contributed by atoms with Crippen molar-refractivity contribution >= 4 is 0 Å². The summed E-state index contributed by atoms with van der Waals surface area (Å²) in [6.07, 6.45) is 9.04. The Morgan fingerprint density at radius 1 is 1.05 bits per heavy atom. The third-order valence-electron chi connectivity index (χ3n) is 6.78. The van der Waals surface area contributed by atoms with Crippen LogP contribution in [0.3, 0.4) is 0 Å².